The summed E-state index contributed by atoms with van der Waals surface area (Å²) in [7, 11) is 0. The highest BCUT2D eigenvalue weighted by Crippen LogP contribution is 2.24. The van der Waals surface area contributed by atoms with Crippen molar-refractivity contribution in [1.29, 1.82) is 0 Å². The van der Waals surface area contributed by atoms with Crippen molar-refractivity contribution in [3.63, 3.8) is 0 Å². The summed E-state index contributed by atoms with van der Waals surface area (Å²) in [5.41, 5.74) is 3.18. The number of hydrogen-bond donors (Lipinski definition) is 3. The van der Waals surface area contributed by atoms with Crippen LogP contribution in [0.1, 0.15) is 13.3 Å². The van der Waals surface area contributed by atoms with Gasteiger partial charge in [0.1, 0.15) is 0 Å². The molecule has 0 unspecified atom stereocenters. The lowest BCUT2D eigenvalue weighted by Crippen LogP contribution is -2.52. The van der Waals surface area contributed by atoms with E-state index in [0.717, 1.165) is 23.5 Å². The molecule has 0 amide bonds. The van der Waals surface area contributed by atoms with Crippen LogP contribution >= 0.6 is 0 Å². The van der Waals surface area contributed by atoms with Gasteiger partial charge in [0.25, 0.3) is 0 Å². The second-order valence-electron chi connectivity index (χ2n) is 5.73. The zero-order valence-electron chi connectivity index (χ0n) is 13.9. The van der Waals surface area contributed by atoms with Crippen LogP contribution < -0.4 is 16.0 Å². The Balaban J connectivity index is 1.91. The van der Waals surface area contributed by atoms with Crippen LogP contribution in [-0.4, -0.2) is 5.79 Å². The number of benzene rings is 3. The third-order valence-corrected chi connectivity index (χ3v) is 3.92. The fourth-order valence-electron chi connectivity index (χ4n) is 2.66. The molecule has 0 saturated carbocycles. The zero-order valence-corrected chi connectivity index (χ0v) is 13.9. The standard InChI is InChI=1S/C21H23N3/c1-2-21(22-18-12-6-3-7-13-18,23-19-14-8-4-9-15-19)24-20-16-10-5-11-17-20/h3-17,22-24H,2H2,1H3. The van der Waals surface area contributed by atoms with Gasteiger partial charge < -0.3 is 16.0 Å². The molecule has 0 atom stereocenters. The minimum absolute atomic E-state index is 0.496. The molecule has 3 rings (SSSR count). The minimum atomic E-state index is -0.496. The van der Waals surface area contributed by atoms with Gasteiger partial charge in [0.05, 0.1) is 0 Å². The molecule has 0 heterocycles. The first kappa shape index (κ1) is 15.9. The van der Waals surface area contributed by atoms with Crippen LogP contribution in [-0.2, 0) is 0 Å². The van der Waals surface area contributed by atoms with Crippen LogP contribution in [0, 0.1) is 0 Å². The molecule has 3 nitrogen and oxygen atoms in total. The first-order valence-corrected chi connectivity index (χ1v) is 8.29. The second kappa shape index (κ2) is 7.55. The quantitative estimate of drug-likeness (QED) is 0.512. The van der Waals surface area contributed by atoms with Crippen LogP contribution in [0.15, 0.2) is 91.0 Å². The summed E-state index contributed by atoms with van der Waals surface area (Å²) in [6.45, 7) is 2.15. The summed E-state index contributed by atoms with van der Waals surface area (Å²) in [5.74, 6) is -0.496. The summed E-state index contributed by atoms with van der Waals surface area (Å²) in [6, 6.07) is 30.7. The molecular formula is C21H23N3. The Labute approximate surface area is 143 Å². The number of anilines is 3. The maximum Gasteiger partial charge on any atom is 0.184 e. The minimum Gasteiger partial charge on any atom is -0.346 e. The molecule has 3 aromatic rings. The molecule has 0 aliphatic heterocycles. The van der Waals surface area contributed by atoms with Gasteiger partial charge >= 0.3 is 0 Å². The van der Waals surface area contributed by atoms with Crippen molar-refractivity contribution >= 4 is 17.1 Å². The lowest BCUT2D eigenvalue weighted by molar-refractivity contribution is 0.580. The van der Waals surface area contributed by atoms with Crippen LogP contribution in [0.25, 0.3) is 0 Å². The van der Waals surface area contributed by atoms with Crippen LogP contribution in [0.4, 0.5) is 17.1 Å². The molecule has 0 aromatic heterocycles. The molecular weight excluding hydrogens is 294 g/mol. The summed E-state index contributed by atoms with van der Waals surface area (Å²) in [6.07, 6.45) is 0.839. The van der Waals surface area contributed by atoms with Crippen LogP contribution in [0.3, 0.4) is 0 Å². The van der Waals surface area contributed by atoms with Crippen molar-refractivity contribution in [3.8, 4) is 0 Å². The highest BCUT2D eigenvalue weighted by molar-refractivity contribution is 5.57. The second-order valence-corrected chi connectivity index (χ2v) is 5.73. The predicted octanol–water partition coefficient (Wildman–Crippen LogP) is 5.39. The van der Waals surface area contributed by atoms with Gasteiger partial charge in [-0.3, -0.25) is 0 Å². The smallest absolute Gasteiger partial charge is 0.184 e. The van der Waals surface area contributed by atoms with E-state index < -0.39 is 5.79 Å². The molecule has 0 spiro atoms. The highest BCUT2D eigenvalue weighted by Gasteiger charge is 2.27. The van der Waals surface area contributed by atoms with E-state index in [1.54, 1.807) is 0 Å². The molecule has 3 aromatic carbocycles. The molecule has 0 aliphatic rings. The van der Waals surface area contributed by atoms with E-state index in [0.29, 0.717) is 0 Å². The van der Waals surface area contributed by atoms with Gasteiger partial charge in [-0.15, -0.1) is 0 Å². The normalized spacial score (nSPS) is 10.9. The van der Waals surface area contributed by atoms with Crippen molar-refractivity contribution in [1.82, 2.24) is 0 Å². The zero-order chi connectivity index (χ0) is 16.7. The van der Waals surface area contributed by atoms with Crippen molar-refractivity contribution < 1.29 is 0 Å². The van der Waals surface area contributed by atoms with Gasteiger partial charge in [0.15, 0.2) is 5.79 Å². The molecule has 122 valence electrons. The Morgan fingerprint density at radius 3 is 1.08 bits per heavy atom. The van der Waals surface area contributed by atoms with Crippen molar-refractivity contribution in [2.75, 3.05) is 16.0 Å². The Morgan fingerprint density at radius 2 is 0.833 bits per heavy atom. The third-order valence-electron chi connectivity index (χ3n) is 3.92. The number of nitrogens with one attached hydrogen (secondary N) is 3. The van der Waals surface area contributed by atoms with Gasteiger partial charge in [-0.05, 0) is 36.4 Å². The lowest BCUT2D eigenvalue weighted by atomic mass is 10.1. The van der Waals surface area contributed by atoms with Crippen LogP contribution in [0.2, 0.25) is 0 Å². The van der Waals surface area contributed by atoms with E-state index in [1.807, 2.05) is 54.6 Å². The largest absolute Gasteiger partial charge is 0.346 e. The molecule has 0 fully saturated rings. The van der Waals surface area contributed by atoms with E-state index >= 15 is 0 Å². The maximum absolute atomic E-state index is 3.62. The van der Waals surface area contributed by atoms with Gasteiger partial charge in [0, 0.05) is 23.5 Å². The first-order chi connectivity index (χ1) is 11.8. The average Bonchev–Trinajstić information content (AvgIpc) is 2.64. The topological polar surface area (TPSA) is 36.1 Å². The molecule has 0 bridgehead atoms. The van der Waals surface area contributed by atoms with Gasteiger partial charge in [-0.1, -0.05) is 61.5 Å². The van der Waals surface area contributed by atoms with Crippen molar-refractivity contribution in [2.45, 2.75) is 19.1 Å². The Morgan fingerprint density at radius 1 is 0.542 bits per heavy atom. The van der Waals surface area contributed by atoms with E-state index in [9.17, 15) is 0 Å². The predicted molar refractivity (Wildman–Crippen MR) is 103 cm³/mol. The Hall–Kier alpha value is -2.94. The third kappa shape index (κ3) is 4.07. The number of hydrogen-bond acceptors (Lipinski definition) is 3. The van der Waals surface area contributed by atoms with Crippen molar-refractivity contribution in [3.05, 3.63) is 91.0 Å². The SMILES string of the molecule is CCC(Nc1ccccc1)(Nc1ccccc1)Nc1ccccc1. The van der Waals surface area contributed by atoms with Gasteiger partial charge in [-0.25, -0.2) is 0 Å². The number of rotatable bonds is 7. The summed E-state index contributed by atoms with van der Waals surface area (Å²) in [4.78, 5) is 0. The van der Waals surface area contributed by atoms with E-state index in [2.05, 4.69) is 59.3 Å². The molecule has 0 radical (unpaired) electrons. The summed E-state index contributed by atoms with van der Waals surface area (Å²) >= 11 is 0. The Bertz CT molecular complexity index is 625. The summed E-state index contributed by atoms with van der Waals surface area (Å²) < 4.78 is 0. The maximum atomic E-state index is 3.62. The lowest BCUT2D eigenvalue weighted by Gasteiger charge is -2.38. The molecule has 3 N–H and O–H groups in total. The highest BCUT2D eigenvalue weighted by atomic mass is 15.4. The summed E-state index contributed by atoms with van der Waals surface area (Å²) in [5, 5.41) is 10.9. The molecule has 24 heavy (non-hydrogen) atoms. The monoisotopic (exact) mass is 317 g/mol. The first-order valence-electron chi connectivity index (χ1n) is 8.29. The van der Waals surface area contributed by atoms with E-state index in [4.69, 9.17) is 0 Å². The van der Waals surface area contributed by atoms with E-state index in [-0.39, 0.29) is 0 Å². The Kier molecular flexibility index (Phi) is 5.02. The molecule has 0 saturated heterocycles. The van der Waals surface area contributed by atoms with Gasteiger partial charge in [0.2, 0.25) is 0 Å². The van der Waals surface area contributed by atoms with E-state index in [1.165, 1.54) is 0 Å². The molecule has 0 aliphatic carbocycles. The fraction of sp³-hybridized carbons (Fsp3) is 0.143. The van der Waals surface area contributed by atoms with Crippen molar-refractivity contribution in [2.24, 2.45) is 0 Å². The fourth-order valence-corrected chi connectivity index (χ4v) is 2.66. The molecule has 3 heteroatoms. The van der Waals surface area contributed by atoms with Gasteiger partial charge in [-0.2, -0.15) is 0 Å². The average molecular weight is 317 g/mol. The number of para-hydroxylation sites is 3. The van der Waals surface area contributed by atoms with Crippen LogP contribution in [0.5, 0.6) is 0 Å².